The highest BCUT2D eigenvalue weighted by Gasteiger charge is 2.68. The second-order valence-corrected chi connectivity index (χ2v) is 13.7. The number of hydrogen-bond donors (Lipinski definition) is 1. The number of carbonyl (C=O) groups is 1. The molecule has 2 spiro atoms. The minimum atomic E-state index is -4.36. The molecule has 0 unspecified atom stereocenters. The van der Waals surface area contributed by atoms with Crippen LogP contribution >= 0.6 is 0 Å². The van der Waals surface area contributed by atoms with E-state index in [1.807, 2.05) is 9.80 Å². The van der Waals surface area contributed by atoms with Gasteiger partial charge in [-0.05, 0) is 44.4 Å². The van der Waals surface area contributed by atoms with Gasteiger partial charge < -0.3 is 14.2 Å². The number of carbonyl (C=O) groups excluding carboxylic acids is 1. The Bertz CT molecular complexity index is 1330. The van der Waals surface area contributed by atoms with Gasteiger partial charge in [0.25, 0.3) is 0 Å². The quantitative estimate of drug-likeness (QED) is 0.532. The van der Waals surface area contributed by atoms with Crippen molar-refractivity contribution in [3.05, 3.63) is 23.4 Å². The second-order valence-electron chi connectivity index (χ2n) is 13.7. The average molecular weight is 568 g/mol. The lowest BCUT2D eigenvalue weighted by molar-refractivity contribution is -0.165. The molecule has 0 radical (unpaired) electrons. The van der Waals surface area contributed by atoms with Crippen LogP contribution in [0.1, 0.15) is 86.6 Å². The van der Waals surface area contributed by atoms with E-state index in [0.717, 1.165) is 38.8 Å². The van der Waals surface area contributed by atoms with Crippen molar-refractivity contribution in [3.8, 4) is 0 Å². The predicted octanol–water partition coefficient (Wildman–Crippen LogP) is 4.55. The summed E-state index contributed by atoms with van der Waals surface area (Å²) in [7, 11) is 0. The molecule has 8 rings (SSSR count). The molecule has 2 aliphatic heterocycles. The van der Waals surface area contributed by atoms with Crippen molar-refractivity contribution in [1.29, 1.82) is 0 Å². The summed E-state index contributed by atoms with van der Waals surface area (Å²) in [6.07, 6.45) is -0.604. The van der Waals surface area contributed by atoms with E-state index in [2.05, 4.69) is 25.4 Å². The number of hydrogen-bond acceptors (Lipinski definition) is 6. The normalized spacial score (nSPS) is 28.0. The highest BCUT2D eigenvalue weighted by atomic mass is 19.4. The summed E-state index contributed by atoms with van der Waals surface area (Å²) in [4.78, 5) is 21.3. The molecule has 4 aliphatic carbocycles. The van der Waals surface area contributed by atoms with Crippen molar-refractivity contribution in [2.45, 2.75) is 87.1 Å². The highest BCUT2D eigenvalue weighted by molar-refractivity contribution is 5.77. The fourth-order valence-corrected chi connectivity index (χ4v) is 8.02. The Labute approximate surface area is 226 Å². The van der Waals surface area contributed by atoms with Gasteiger partial charge in [0.1, 0.15) is 11.2 Å². The van der Waals surface area contributed by atoms with E-state index in [1.165, 1.54) is 0 Å². The van der Waals surface area contributed by atoms with Gasteiger partial charge in [-0.2, -0.15) is 18.3 Å². The third-order valence-corrected chi connectivity index (χ3v) is 10.4. The SMILES string of the molecule is O=C(N1CC2(CC(Cc3nnc(C4(C(F)(F)F)CC4)o3)C2)C1)N1CC2(CC(c3n[nH]c(C4CC(F)(F)C4)n3)C2)C1. The zero-order chi connectivity index (χ0) is 27.7. The van der Waals surface area contributed by atoms with Crippen LogP contribution in [-0.2, 0) is 11.8 Å². The van der Waals surface area contributed by atoms with Crippen LogP contribution in [0.3, 0.4) is 0 Å². The molecule has 2 aromatic heterocycles. The zero-order valence-electron chi connectivity index (χ0n) is 21.8. The summed E-state index contributed by atoms with van der Waals surface area (Å²) in [5.74, 6) is -1.10. The van der Waals surface area contributed by atoms with E-state index < -0.39 is 17.5 Å². The van der Waals surface area contributed by atoms with Crippen molar-refractivity contribution in [2.24, 2.45) is 16.7 Å². The first kappa shape index (κ1) is 25.0. The number of aromatic amines is 1. The lowest BCUT2D eigenvalue weighted by Crippen LogP contribution is -2.70. The Balaban J connectivity index is 0.767. The summed E-state index contributed by atoms with van der Waals surface area (Å²) in [6.45, 7) is 2.86. The number of alkyl halides is 5. The van der Waals surface area contributed by atoms with E-state index >= 15 is 0 Å². The second kappa shape index (κ2) is 7.72. The maximum Gasteiger partial charge on any atom is 0.403 e. The number of likely N-dealkylation sites (tertiary alicyclic amines) is 2. The standard InChI is InChI=1S/C26H30F5N7O2/c27-25(28)8-16(9-25)19-32-18(34-35-19)15-6-23(7-15)12-38(13-23)21(39)37-10-22(11-37)4-14(5-22)3-17-33-36-20(40-17)24(1-2-24)26(29,30)31/h14-16H,1-13H2,(H,32,34,35). The van der Waals surface area contributed by atoms with Crippen molar-refractivity contribution in [3.63, 3.8) is 0 Å². The van der Waals surface area contributed by atoms with Crippen LogP contribution in [-0.4, -0.2) is 79.5 Å². The third-order valence-electron chi connectivity index (χ3n) is 10.4. The summed E-state index contributed by atoms with van der Waals surface area (Å²) < 4.78 is 71.6. The Morgan fingerprint density at radius 3 is 2.12 bits per heavy atom. The van der Waals surface area contributed by atoms with Crippen LogP contribution in [0.5, 0.6) is 0 Å². The summed E-state index contributed by atoms with van der Waals surface area (Å²) in [5, 5.41) is 14.7. The smallest absolute Gasteiger partial charge is 0.403 e. The molecule has 4 heterocycles. The summed E-state index contributed by atoms with van der Waals surface area (Å²) >= 11 is 0. The van der Waals surface area contributed by atoms with Crippen LogP contribution in [0.2, 0.25) is 0 Å². The van der Waals surface area contributed by atoms with Gasteiger partial charge in [0.2, 0.25) is 17.7 Å². The maximum atomic E-state index is 13.3. The number of H-pyrrole nitrogens is 1. The Morgan fingerprint density at radius 1 is 0.925 bits per heavy atom. The van der Waals surface area contributed by atoms with E-state index in [0.29, 0.717) is 31.2 Å². The number of rotatable bonds is 5. The van der Waals surface area contributed by atoms with Gasteiger partial charge in [0, 0.05) is 68.1 Å². The molecule has 0 bridgehead atoms. The molecule has 2 amide bonds. The Hall–Kier alpha value is -2.80. The van der Waals surface area contributed by atoms with Crippen LogP contribution in [0.25, 0.3) is 0 Å². The number of aromatic nitrogens is 5. The minimum absolute atomic E-state index is 0.00152. The summed E-state index contributed by atoms with van der Waals surface area (Å²) in [5.41, 5.74) is -1.73. The third kappa shape index (κ3) is 3.72. The van der Waals surface area contributed by atoms with E-state index in [-0.39, 0.29) is 72.1 Å². The highest BCUT2D eigenvalue weighted by Crippen LogP contribution is 2.59. The molecule has 2 aromatic rings. The predicted molar refractivity (Wildman–Crippen MR) is 126 cm³/mol. The van der Waals surface area contributed by atoms with Gasteiger partial charge in [0.05, 0.1) is 0 Å². The number of nitrogens with one attached hydrogen (secondary N) is 1. The number of urea groups is 1. The van der Waals surface area contributed by atoms with Gasteiger partial charge in [-0.1, -0.05) is 0 Å². The van der Waals surface area contributed by atoms with E-state index in [1.54, 1.807) is 0 Å². The molecule has 6 fully saturated rings. The Morgan fingerprint density at radius 2 is 1.55 bits per heavy atom. The van der Waals surface area contributed by atoms with Gasteiger partial charge in [-0.3, -0.25) is 5.10 Å². The van der Waals surface area contributed by atoms with Crippen LogP contribution < -0.4 is 0 Å². The number of nitrogens with zero attached hydrogens (tertiary/aromatic N) is 6. The first-order valence-electron chi connectivity index (χ1n) is 14.1. The zero-order valence-corrected chi connectivity index (χ0v) is 21.8. The van der Waals surface area contributed by atoms with E-state index in [9.17, 15) is 26.7 Å². The van der Waals surface area contributed by atoms with E-state index in [4.69, 9.17) is 4.42 Å². The van der Waals surface area contributed by atoms with Crippen molar-refractivity contribution in [1.82, 2.24) is 35.2 Å². The molecule has 216 valence electrons. The molecule has 14 heteroatoms. The largest absolute Gasteiger partial charge is 0.424 e. The fraction of sp³-hybridized carbons (Fsp3) is 0.808. The lowest BCUT2D eigenvalue weighted by atomic mass is 9.56. The number of halogens is 5. The van der Waals surface area contributed by atoms with Gasteiger partial charge in [-0.25, -0.2) is 18.6 Å². The van der Waals surface area contributed by atoms with Crippen LogP contribution in [0, 0.1) is 16.7 Å². The van der Waals surface area contributed by atoms with Crippen molar-refractivity contribution < 1.29 is 31.2 Å². The van der Waals surface area contributed by atoms with Gasteiger partial charge in [0.15, 0.2) is 5.82 Å². The minimum Gasteiger partial charge on any atom is -0.424 e. The first-order valence-corrected chi connectivity index (χ1v) is 14.1. The number of amides is 2. The summed E-state index contributed by atoms with van der Waals surface area (Å²) in [6, 6.07) is 0.0673. The van der Waals surface area contributed by atoms with Crippen LogP contribution in [0.15, 0.2) is 4.42 Å². The van der Waals surface area contributed by atoms with Crippen LogP contribution in [0.4, 0.5) is 26.7 Å². The van der Waals surface area contributed by atoms with Gasteiger partial charge in [-0.15, -0.1) is 10.2 Å². The maximum absolute atomic E-state index is 13.3. The average Bonchev–Trinajstić information content (AvgIpc) is 3.23. The molecule has 2 saturated heterocycles. The molecule has 1 N–H and O–H groups in total. The molecule has 6 aliphatic rings. The Kier molecular flexibility index (Phi) is 4.82. The molecule has 9 nitrogen and oxygen atoms in total. The molecule has 4 saturated carbocycles. The molecular formula is C26H30F5N7O2. The molecule has 0 aromatic carbocycles. The van der Waals surface area contributed by atoms with Crippen molar-refractivity contribution in [2.75, 3.05) is 26.2 Å². The molecule has 0 atom stereocenters. The van der Waals surface area contributed by atoms with Crippen molar-refractivity contribution >= 4 is 6.03 Å². The van der Waals surface area contributed by atoms with Gasteiger partial charge >= 0.3 is 12.2 Å². The lowest BCUT2D eigenvalue weighted by Gasteiger charge is -2.63. The molecular weight excluding hydrogens is 537 g/mol. The monoisotopic (exact) mass is 567 g/mol. The first-order chi connectivity index (χ1) is 18.9. The topological polar surface area (TPSA) is 104 Å². The molecule has 40 heavy (non-hydrogen) atoms. The fourth-order valence-electron chi connectivity index (χ4n) is 8.02.